The fourth-order valence-electron chi connectivity index (χ4n) is 4.28. The zero-order chi connectivity index (χ0) is 19.1. The molecule has 3 rings (SSSR count). The maximum absolute atomic E-state index is 14.0. The molecule has 2 nitrogen and oxygen atoms in total. The number of benzene rings is 2. The standard InChI is InChI=1S/C23H30BFO2/c1-2-3-4-5-17-6-8-18(9-7-17)19-10-12-20(13-11-19)21-14-15-23(27-24-26)22(25)16-21/h10-18,24,26H,2-9H2,1H3. The lowest BCUT2D eigenvalue weighted by Crippen LogP contribution is -2.13. The second kappa shape index (κ2) is 9.94. The van der Waals surface area contributed by atoms with Gasteiger partial charge in [0.05, 0.1) is 0 Å². The van der Waals surface area contributed by atoms with Crippen molar-refractivity contribution in [2.75, 3.05) is 0 Å². The van der Waals surface area contributed by atoms with Crippen molar-refractivity contribution in [1.82, 2.24) is 0 Å². The molecule has 0 aromatic heterocycles. The zero-order valence-electron chi connectivity index (χ0n) is 16.3. The molecule has 0 atom stereocenters. The van der Waals surface area contributed by atoms with Crippen LogP contribution >= 0.6 is 0 Å². The van der Waals surface area contributed by atoms with E-state index in [4.69, 9.17) is 9.68 Å². The van der Waals surface area contributed by atoms with Gasteiger partial charge in [-0.1, -0.05) is 62.9 Å². The van der Waals surface area contributed by atoms with Crippen LogP contribution in [0.2, 0.25) is 0 Å². The molecule has 4 heteroatoms. The van der Waals surface area contributed by atoms with E-state index < -0.39 is 13.5 Å². The fraction of sp³-hybridized carbons (Fsp3) is 0.478. The smallest absolute Gasteiger partial charge is 0.504 e. The van der Waals surface area contributed by atoms with Gasteiger partial charge in [-0.25, -0.2) is 4.39 Å². The normalized spacial score (nSPS) is 19.7. The fourth-order valence-corrected chi connectivity index (χ4v) is 4.28. The van der Waals surface area contributed by atoms with Crippen LogP contribution in [0.3, 0.4) is 0 Å². The highest BCUT2D eigenvalue weighted by Gasteiger charge is 2.22. The van der Waals surface area contributed by atoms with Crippen molar-refractivity contribution < 1.29 is 14.1 Å². The number of unbranched alkanes of at least 4 members (excludes halogenated alkanes) is 2. The molecule has 1 aliphatic carbocycles. The van der Waals surface area contributed by atoms with Crippen LogP contribution in [0.25, 0.3) is 11.1 Å². The van der Waals surface area contributed by atoms with Crippen LogP contribution in [0.1, 0.15) is 69.8 Å². The van der Waals surface area contributed by atoms with E-state index in [0.717, 1.165) is 17.0 Å². The molecule has 0 amide bonds. The number of hydrogen-bond donors (Lipinski definition) is 1. The third-order valence-electron chi connectivity index (χ3n) is 5.93. The maximum atomic E-state index is 14.0. The monoisotopic (exact) mass is 368 g/mol. The Labute approximate surface area is 163 Å². The molecular weight excluding hydrogens is 338 g/mol. The lowest BCUT2D eigenvalue weighted by molar-refractivity contribution is 0.303. The minimum Gasteiger partial charge on any atom is -0.537 e. The highest BCUT2D eigenvalue weighted by molar-refractivity contribution is 6.17. The molecule has 0 unspecified atom stereocenters. The first-order valence-electron chi connectivity index (χ1n) is 10.3. The van der Waals surface area contributed by atoms with E-state index in [1.165, 1.54) is 63.0 Å². The molecule has 0 saturated heterocycles. The Morgan fingerprint density at radius 2 is 1.70 bits per heavy atom. The quantitative estimate of drug-likeness (QED) is 0.458. The van der Waals surface area contributed by atoms with Crippen molar-refractivity contribution in [3.63, 3.8) is 0 Å². The molecule has 2 aromatic rings. The van der Waals surface area contributed by atoms with Gasteiger partial charge in [0.25, 0.3) is 0 Å². The summed E-state index contributed by atoms with van der Waals surface area (Å²) in [5, 5.41) is 8.77. The van der Waals surface area contributed by atoms with E-state index in [9.17, 15) is 4.39 Å². The summed E-state index contributed by atoms with van der Waals surface area (Å²) >= 11 is 0. The molecule has 0 heterocycles. The summed E-state index contributed by atoms with van der Waals surface area (Å²) < 4.78 is 18.9. The van der Waals surface area contributed by atoms with E-state index >= 15 is 0 Å². The summed E-state index contributed by atoms with van der Waals surface area (Å²) in [7, 11) is -0.522. The van der Waals surface area contributed by atoms with E-state index in [-0.39, 0.29) is 5.75 Å². The Balaban J connectivity index is 1.59. The van der Waals surface area contributed by atoms with Gasteiger partial charge in [-0.15, -0.1) is 0 Å². The van der Waals surface area contributed by atoms with Gasteiger partial charge in [-0.2, -0.15) is 0 Å². The van der Waals surface area contributed by atoms with E-state index in [0.29, 0.717) is 5.92 Å². The SMILES string of the molecule is CCCCCC1CCC(c2ccc(-c3ccc(OBO)c(F)c3)cc2)CC1. The molecule has 0 radical (unpaired) electrons. The van der Waals surface area contributed by atoms with Gasteiger partial charge in [-0.05, 0) is 66.3 Å². The van der Waals surface area contributed by atoms with Crippen molar-refractivity contribution in [3.8, 4) is 16.9 Å². The average molecular weight is 368 g/mol. The Morgan fingerprint density at radius 1 is 1.00 bits per heavy atom. The van der Waals surface area contributed by atoms with E-state index in [1.807, 2.05) is 6.07 Å². The van der Waals surface area contributed by atoms with Gasteiger partial charge >= 0.3 is 7.69 Å². The summed E-state index contributed by atoms with van der Waals surface area (Å²) in [5.74, 6) is 1.22. The molecule has 1 aliphatic rings. The maximum Gasteiger partial charge on any atom is 0.504 e. The Bertz CT molecular complexity index is 709. The molecule has 1 saturated carbocycles. The van der Waals surface area contributed by atoms with Crippen LogP contribution in [0.4, 0.5) is 4.39 Å². The minimum atomic E-state index is -0.522. The van der Waals surface area contributed by atoms with Crippen molar-refractivity contribution in [3.05, 3.63) is 53.8 Å². The van der Waals surface area contributed by atoms with Crippen molar-refractivity contribution in [2.45, 2.75) is 64.2 Å². The number of hydrogen-bond acceptors (Lipinski definition) is 2. The predicted octanol–water partition coefficient (Wildman–Crippen LogP) is 5.98. The van der Waals surface area contributed by atoms with Crippen LogP contribution in [0.15, 0.2) is 42.5 Å². The summed E-state index contributed by atoms with van der Waals surface area (Å²) in [6.45, 7) is 2.27. The second-order valence-corrected chi connectivity index (χ2v) is 7.75. The average Bonchev–Trinajstić information content (AvgIpc) is 2.71. The molecular formula is C23H30BFO2. The van der Waals surface area contributed by atoms with Crippen LogP contribution in [-0.4, -0.2) is 12.7 Å². The summed E-state index contributed by atoms with van der Waals surface area (Å²) in [5.41, 5.74) is 3.23. The van der Waals surface area contributed by atoms with Gasteiger partial charge in [0, 0.05) is 0 Å². The lowest BCUT2D eigenvalue weighted by Gasteiger charge is -2.29. The van der Waals surface area contributed by atoms with Crippen LogP contribution in [0.5, 0.6) is 5.75 Å². The highest BCUT2D eigenvalue weighted by atomic mass is 19.1. The molecule has 0 aliphatic heterocycles. The van der Waals surface area contributed by atoms with Crippen LogP contribution in [-0.2, 0) is 0 Å². The van der Waals surface area contributed by atoms with Gasteiger partial charge < -0.3 is 9.68 Å². The first-order chi connectivity index (χ1) is 13.2. The molecule has 0 bridgehead atoms. The largest absolute Gasteiger partial charge is 0.537 e. The number of rotatable bonds is 8. The molecule has 2 aromatic carbocycles. The minimum absolute atomic E-state index is 0.0774. The first kappa shape index (κ1) is 19.9. The van der Waals surface area contributed by atoms with Gasteiger partial charge in [0.1, 0.15) is 5.75 Å². The van der Waals surface area contributed by atoms with Crippen LogP contribution in [0, 0.1) is 11.7 Å². The highest BCUT2D eigenvalue weighted by Crippen LogP contribution is 2.38. The molecule has 1 fully saturated rings. The van der Waals surface area contributed by atoms with E-state index in [1.54, 1.807) is 6.07 Å². The summed E-state index contributed by atoms with van der Waals surface area (Å²) in [6, 6.07) is 13.4. The zero-order valence-corrected chi connectivity index (χ0v) is 16.3. The van der Waals surface area contributed by atoms with Crippen molar-refractivity contribution >= 4 is 7.69 Å². The van der Waals surface area contributed by atoms with Gasteiger partial charge in [0.15, 0.2) is 5.82 Å². The molecule has 144 valence electrons. The third kappa shape index (κ3) is 5.35. The van der Waals surface area contributed by atoms with Crippen molar-refractivity contribution in [2.24, 2.45) is 5.92 Å². The molecule has 27 heavy (non-hydrogen) atoms. The Kier molecular flexibility index (Phi) is 7.34. The van der Waals surface area contributed by atoms with Crippen molar-refractivity contribution in [1.29, 1.82) is 0 Å². The van der Waals surface area contributed by atoms with Gasteiger partial charge in [-0.3, -0.25) is 0 Å². The Morgan fingerprint density at radius 3 is 2.33 bits per heavy atom. The van der Waals surface area contributed by atoms with Gasteiger partial charge in [0.2, 0.25) is 0 Å². The second-order valence-electron chi connectivity index (χ2n) is 7.75. The number of halogens is 1. The predicted molar refractivity (Wildman–Crippen MR) is 111 cm³/mol. The summed E-state index contributed by atoms with van der Waals surface area (Å²) in [4.78, 5) is 0. The molecule has 0 spiro atoms. The van der Waals surface area contributed by atoms with E-state index in [2.05, 4.69) is 31.2 Å². The summed E-state index contributed by atoms with van der Waals surface area (Å²) in [6.07, 6.45) is 10.8. The van der Waals surface area contributed by atoms with Crippen LogP contribution < -0.4 is 4.65 Å². The lowest BCUT2D eigenvalue weighted by atomic mass is 9.77. The first-order valence-corrected chi connectivity index (χ1v) is 10.3. The topological polar surface area (TPSA) is 29.5 Å². The molecule has 1 N–H and O–H groups in total. The third-order valence-corrected chi connectivity index (χ3v) is 5.93. The Hall–Kier alpha value is -1.81.